The highest BCUT2D eigenvalue weighted by Crippen LogP contribution is 2.34. The molecule has 0 atom stereocenters. The van der Waals surface area contributed by atoms with Crippen LogP contribution < -0.4 is 9.64 Å². The third-order valence-electron chi connectivity index (χ3n) is 5.48. The second kappa shape index (κ2) is 7.87. The maximum absolute atomic E-state index is 5.39. The number of hydrogen-bond donors (Lipinski definition) is 0. The van der Waals surface area contributed by atoms with Crippen LogP contribution in [0.15, 0.2) is 66.7 Å². The standard InChI is InChI=1S/C25H27NO/c1-19-9-11-20(12-10-19)13-14-22-6-4-7-23-15-16-26(25(22)23)18-21-5-3-8-24(17-21)27-2/h3-12,17H,13-16,18H2,1-2H3. The van der Waals surface area contributed by atoms with Gasteiger partial charge in [-0.15, -0.1) is 0 Å². The van der Waals surface area contributed by atoms with E-state index in [9.17, 15) is 0 Å². The third-order valence-corrected chi connectivity index (χ3v) is 5.48. The predicted octanol–water partition coefficient (Wildman–Crippen LogP) is 5.35. The van der Waals surface area contributed by atoms with Crippen molar-refractivity contribution in [3.63, 3.8) is 0 Å². The molecule has 3 aromatic rings. The van der Waals surface area contributed by atoms with Gasteiger partial charge in [0.2, 0.25) is 0 Å². The summed E-state index contributed by atoms with van der Waals surface area (Å²) in [6.45, 7) is 4.17. The van der Waals surface area contributed by atoms with Gasteiger partial charge < -0.3 is 9.64 Å². The molecule has 27 heavy (non-hydrogen) atoms. The van der Waals surface area contributed by atoms with Crippen molar-refractivity contribution in [1.29, 1.82) is 0 Å². The van der Waals surface area contributed by atoms with Gasteiger partial charge in [-0.3, -0.25) is 0 Å². The zero-order valence-corrected chi connectivity index (χ0v) is 16.2. The Morgan fingerprint density at radius 3 is 2.52 bits per heavy atom. The number of hydrogen-bond acceptors (Lipinski definition) is 2. The molecule has 3 aromatic carbocycles. The van der Waals surface area contributed by atoms with Crippen LogP contribution in [0.2, 0.25) is 0 Å². The van der Waals surface area contributed by atoms with Gasteiger partial charge in [0, 0.05) is 18.8 Å². The SMILES string of the molecule is COc1cccc(CN2CCc3cccc(CCc4ccc(C)cc4)c32)c1. The van der Waals surface area contributed by atoms with Crippen molar-refractivity contribution >= 4 is 5.69 Å². The summed E-state index contributed by atoms with van der Waals surface area (Å²) in [7, 11) is 1.73. The van der Waals surface area contributed by atoms with Crippen molar-refractivity contribution in [3.05, 3.63) is 94.5 Å². The second-order valence-corrected chi connectivity index (χ2v) is 7.43. The summed E-state index contributed by atoms with van der Waals surface area (Å²) in [6.07, 6.45) is 3.31. The maximum atomic E-state index is 5.39. The summed E-state index contributed by atoms with van der Waals surface area (Å²) in [6, 6.07) is 24.2. The van der Waals surface area contributed by atoms with Gasteiger partial charge in [0.1, 0.15) is 5.75 Å². The van der Waals surface area contributed by atoms with Gasteiger partial charge >= 0.3 is 0 Å². The normalized spacial score (nSPS) is 12.9. The molecule has 138 valence electrons. The molecule has 0 bridgehead atoms. The molecule has 0 fully saturated rings. The highest BCUT2D eigenvalue weighted by molar-refractivity contribution is 5.64. The first kappa shape index (κ1) is 17.7. The Labute approximate surface area is 162 Å². The number of nitrogens with zero attached hydrogens (tertiary/aromatic N) is 1. The number of methoxy groups -OCH3 is 1. The van der Waals surface area contributed by atoms with Gasteiger partial charge in [0.25, 0.3) is 0 Å². The molecule has 2 heteroatoms. The van der Waals surface area contributed by atoms with Gasteiger partial charge in [0.15, 0.2) is 0 Å². The van der Waals surface area contributed by atoms with Crippen molar-refractivity contribution in [2.45, 2.75) is 32.7 Å². The Kier molecular flexibility index (Phi) is 5.15. The summed E-state index contributed by atoms with van der Waals surface area (Å²) in [5.74, 6) is 0.930. The van der Waals surface area contributed by atoms with Gasteiger partial charge in [-0.05, 0) is 60.6 Å². The summed E-state index contributed by atoms with van der Waals surface area (Å²) in [5.41, 5.74) is 8.44. The minimum Gasteiger partial charge on any atom is -0.497 e. The van der Waals surface area contributed by atoms with Gasteiger partial charge in [-0.25, -0.2) is 0 Å². The van der Waals surface area contributed by atoms with E-state index < -0.39 is 0 Å². The molecule has 1 heterocycles. The zero-order chi connectivity index (χ0) is 18.6. The van der Waals surface area contributed by atoms with E-state index in [2.05, 4.69) is 72.5 Å². The van der Waals surface area contributed by atoms with Crippen molar-refractivity contribution < 1.29 is 4.74 Å². The van der Waals surface area contributed by atoms with Crippen LogP contribution in [0.4, 0.5) is 5.69 Å². The molecule has 1 aliphatic rings. The Morgan fingerprint density at radius 2 is 1.70 bits per heavy atom. The molecule has 0 spiro atoms. The Morgan fingerprint density at radius 1 is 0.889 bits per heavy atom. The molecule has 1 aliphatic heterocycles. The molecule has 0 aliphatic carbocycles. The van der Waals surface area contributed by atoms with E-state index >= 15 is 0 Å². The van der Waals surface area contributed by atoms with E-state index in [4.69, 9.17) is 4.74 Å². The summed E-state index contributed by atoms with van der Waals surface area (Å²) in [4.78, 5) is 2.54. The molecule has 0 unspecified atom stereocenters. The molecule has 2 nitrogen and oxygen atoms in total. The third kappa shape index (κ3) is 4.00. The highest BCUT2D eigenvalue weighted by Gasteiger charge is 2.22. The lowest BCUT2D eigenvalue weighted by molar-refractivity contribution is 0.414. The first-order valence-corrected chi connectivity index (χ1v) is 9.77. The van der Waals surface area contributed by atoms with Gasteiger partial charge in [-0.1, -0.05) is 60.2 Å². The predicted molar refractivity (Wildman–Crippen MR) is 113 cm³/mol. The number of benzene rings is 3. The number of rotatable bonds is 6. The first-order valence-electron chi connectivity index (χ1n) is 9.77. The van der Waals surface area contributed by atoms with Crippen LogP contribution >= 0.6 is 0 Å². The van der Waals surface area contributed by atoms with Gasteiger partial charge in [-0.2, -0.15) is 0 Å². The van der Waals surface area contributed by atoms with E-state index in [0.29, 0.717) is 0 Å². The maximum Gasteiger partial charge on any atom is 0.119 e. The molecular weight excluding hydrogens is 330 g/mol. The molecule has 0 saturated carbocycles. The number of anilines is 1. The monoisotopic (exact) mass is 357 g/mol. The van der Waals surface area contributed by atoms with Crippen molar-refractivity contribution in [3.8, 4) is 5.75 Å². The number of fused-ring (bicyclic) bond motifs is 1. The fourth-order valence-electron chi connectivity index (χ4n) is 4.00. The minimum atomic E-state index is 0.930. The van der Waals surface area contributed by atoms with Crippen LogP contribution in [0.1, 0.15) is 27.8 Å². The van der Waals surface area contributed by atoms with Crippen LogP contribution in [0, 0.1) is 6.92 Å². The first-order chi connectivity index (χ1) is 13.2. The number of ether oxygens (including phenoxy) is 1. The Bertz CT molecular complexity index is 914. The van der Waals surface area contributed by atoms with Crippen molar-refractivity contribution in [1.82, 2.24) is 0 Å². The highest BCUT2D eigenvalue weighted by atomic mass is 16.5. The fraction of sp³-hybridized carbons (Fsp3) is 0.280. The van der Waals surface area contributed by atoms with Crippen LogP contribution in [0.25, 0.3) is 0 Å². The largest absolute Gasteiger partial charge is 0.497 e. The van der Waals surface area contributed by atoms with Crippen LogP contribution in [-0.2, 0) is 25.8 Å². The Balaban J connectivity index is 1.53. The molecular formula is C25H27NO. The van der Waals surface area contributed by atoms with E-state index in [1.807, 2.05) is 6.07 Å². The molecule has 0 aromatic heterocycles. The molecule has 0 saturated heterocycles. The topological polar surface area (TPSA) is 12.5 Å². The van der Waals surface area contributed by atoms with Crippen LogP contribution in [0.5, 0.6) is 5.75 Å². The van der Waals surface area contributed by atoms with Gasteiger partial charge in [0.05, 0.1) is 7.11 Å². The lowest BCUT2D eigenvalue weighted by atomic mass is 9.99. The zero-order valence-electron chi connectivity index (χ0n) is 16.2. The summed E-state index contributed by atoms with van der Waals surface area (Å²) in [5, 5.41) is 0. The average molecular weight is 357 g/mol. The average Bonchev–Trinajstić information content (AvgIpc) is 3.11. The molecule has 0 radical (unpaired) electrons. The van der Waals surface area contributed by atoms with Crippen LogP contribution in [0.3, 0.4) is 0 Å². The van der Waals surface area contributed by atoms with E-state index in [0.717, 1.165) is 38.1 Å². The lowest BCUT2D eigenvalue weighted by Gasteiger charge is -2.23. The van der Waals surface area contributed by atoms with E-state index in [1.54, 1.807) is 7.11 Å². The molecule has 0 N–H and O–H groups in total. The lowest BCUT2D eigenvalue weighted by Crippen LogP contribution is -2.21. The van der Waals surface area contributed by atoms with E-state index in [-0.39, 0.29) is 0 Å². The van der Waals surface area contributed by atoms with E-state index in [1.165, 1.54) is 33.5 Å². The smallest absolute Gasteiger partial charge is 0.119 e. The second-order valence-electron chi connectivity index (χ2n) is 7.43. The molecule has 0 amide bonds. The fourth-order valence-corrected chi connectivity index (χ4v) is 4.00. The number of para-hydroxylation sites is 1. The number of aryl methyl sites for hydroxylation is 3. The van der Waals surface area contributed by atoms with Crippen molar-refractivity contribution in [2.24, 2.45) is 0 Å². The quantitative estimate of drug-likeness (QED) is 0.589. The molecule has 4 rings (SSSR count). The summed E-state index contributed by atoms with van der Waals surface area (Å²) >= 11 is 0. The minimum absolute atomic E-state index is 0.930. The summed E-state index contributed by atoms with van der Waals surface area (Å²) < 4.78 is 5.39. The van der Waals surface area contributed by atoms with Crippen molar-refractivity contribution in [2.75, 3.05) is 18.6 Å². The Hall–Kier alpha value is -2.74. The van der Waals surface area contributed by atoms with Crippen LogP contribution in [-0.4, -0.2) is 13.7 Å².